The van der Waals surface area contributed by atoms with Crippen molar-refractivity contribution >= 4 is 11.6 Å². The first kappa shape index (κ1) is 13.1. The molecule has 2 aromatic carbocycles. The molecule has 2 N–H and O–H groups in total. The van der Waals surface area contributed by atoms with E-state index in [1.54, 1.807) is 0 Å². The Labute approximate surface area is 114 Å². The summed E-state index contributed by atoms with van der Waals surface area (Å²) in [6, 6.07) is 12.0. The van der Waals surface area contributed by atoms with Crippen LogP contribution in [-0.4, -0.2) is 0 Å². The standard InChI is InChI=1S/C16H18ClN/c1-10-7-12(3)15(8-11(10)2)16(18)13-5-4-6-14(17)9-13/h4-9,16H,18H2,1-3H3. The molecule has 1 atom stereocenters. The highest BCUT2D eigenvalue weighted by molar-refractivity contribution is 6.30. The van der Waals surface area contributed by atoms with Crippen molar-refractivity contribution in [3.63, 3.8) is 0 Å². The topological polar surface area (TPSA) is 26.0 Å². The summed E-state index contributed by atoms with van der Waals surface area (Å²) in [7, 11) is 0. The van der Waals surface area contributed by atoms with Gasteiger partial charge in [-0.25, -0.2) is 0 Å². The molecule has 0 spiro atoms. The number of hydrogen-bond acceptors (Lipinski definition) is 1. The molecule has 2 rings (SSSR count). The van der Waals surface area contributed by atoms with Crippen molar-refractivity contribution in [3.05, 3.63) is 69.2 Å². The molecule has 0 heterocycles. The maximum absolute atomic E-state index is 6.35. The molecule has 94 valence electrons. The zero-order chi connectivity index (χ0) is 13.3. The molecule has 0 bridgehead atoms. The number of rotatable bonds is 2. The van der Waals surface area contributed by atoms with Crippen molar-refractivity contribution in [2.75, 3.05) is 0 Å². The molecule has 1 nitrogen and oxygen atoms in total. The first-order valence-corrected chi connectivity index (χ1v) is 6.45. The van der Waals surface area contributed by atoms with Gasteiger partial charge >= 0.3 is 0 Å². The lowest BCUT2D eigenvalue weighted by atomic mass is 9.92. The second-order valence-electron chi connectivity index (χ2n) is 4.83. The summed E-state index contributed by atoms with van der Waals surface area (Å²) < 4.78 is 0. The van der Waals surface area contributed by atoms with Gasteiger partial charge in [0, 0.05) is 5.02 Å². The van der Waals surface area contributed by atoms with Gasteiger partial charge in [-0.1, -0.05) is 35.9 Å². The zero-order valence-corrected chi connectivity index (χ0v) is 11.8. The van der Waals surface area contributed by atoms with E-state index in [2.05, 4.69) is 32.9 Å². The fraction of sp³-hybridized carbons (Fsp3) is 0.250. The Morgan fingerprint density at radius 2 is 1.61 bits per heavy atom. The van der Waals surface area contributed by atoms with Crippen molar-refractivity contribution < 1.29 is 0 Å². The van der Waals surface area contributed by atoms with Crippen molar-refractivity contribution in [1.29, 1.82) is 0 Å². The second kappa shape index (κ2) is 5.13. The lowest BCUT2D eigenvalue weighted by Gasteiger charge is -2.17. The maximum Gasteiger partial charge on any atom is 0.0554 e. The normalized spacial score (nSPS) is 12.5. The summed E-state index contributed by atoms with van der Waals surface area (Å²) in [6.45, 7) is 6.34. The fourth-order valence-electron chi connectivity index (χ4n) is 2.20. The van der Waals surface area contributed by atoms with E-state index in [9.17, 15) is 0 Å². The van der Waals surface area contributed by atoms with Crippen LogP contribution in [0.4, 0.5) is 0 Å². The largest absolute Gasteiger partial charge is 0.320 e. The number of benzene rings is 2. The Balaban J connectivity index is 2.46. The summed E-state index contributed by atoms with van der Waals surface area (Å²) in [5.41, 5.74) is 12.4. The molecule has 2 aromatic rings. The van der Waals surface area contributed by atoms with Crippen LogP contribution in [0.2, 0.25) is 5.02 Å². The van der Waals surface area contributed by atoms with Gasteiger partial charge < -0.3 is 5.73 Å². The number of nitrogens with two attached hydrogens (primary N) is 1. The van der Waals surface area contributed by atoms with Crippen LogP contribution in [0.5, 0.6) is 0 Å². The Bertz CT molecular complexity index is 575. The molecule has 0 fully saturated rings. The van der Waals surface area contributed by atoms with Crippen LogP contribution >= 0.6 is 11.6 Å². The Morgan fingerprint density at radius 1 is 0.944 bits per heavy atom. The lowest BCUT2D eigenvalue weighted by molar-refractivity contribution is 0.858. The highest BCUT2D eigenvalue weighted by atomic mass is 35.5. The van der Waals surface area contributed by atoms with Gasteiger partial charge in [0.1, 0.15) is 0 Å². The van der Waals surface area contributed by atoms with E-state index in [4.69, 9.17) is 17.3 Å². The lowest BCUT2D eigenvalue weighted by Crippen LogP contribution is -2.13. The molecule has 0 saturated heterocycles. The van der Waals surface area contributed by atoms with E-state index in [0.29, 0.717) is 0 Å². The molecular formula is C16H18ClN. The zero-order valence-electron chi connectivity index (χ0n) is 11.0. The van der Waals surface area contributed by atoms with Crippen LogP contribution in [0.1, 0.15) is 33.9 Å². The molecule has 2 heteroatoms. The van der Waals surface area contributed by atoms with E-state index in [0.717, 1.165) is 10.6 Å². The molecular weight excluding hydrogens is 242 g/mol. The van der Waals surface area contributed by atoms with Gasteiger partial charge in [0.25, 0.3) is 0 Å². The third kappa shape index (κ3) is 2.58. The highest BCUT2D eigenvalue weighted by Crippen LogP contribution is 2.26. The molecule has 18 heavy (non-hydrogen) atoms. The monoisotopic (exact) mass is 259 g/mol. The van der Waals surface area contributed by atoms with Crippen molar-refractivity contribution in [2.45, 2.75) is 26.8 Å². The summed E-state index contributed by atoms with van der Waals surface area (Å²) in [4.78, 5) is 0. The van der Waals surface area contributed by atoms with Crippen LogP contribution < -0.4 is 5.73 Å². The molecule has 0 amide bonds. The minimum absolute atomic E-state index is 0.122. The van der Waals surface area contributed by atoms with Crippen molar-refractivity contribution in [3.8, 4) is 0 Å². The van der Waals surface area contributed by atoms with Crippen LogP contribution in [0.25, 0.3) is 0 Å². The van der Waals surface area contributed by atoms with E-state index in [-0.39, 0.29) is 6.04 Å². The van der Waals surface area contributed by atoms with Gasteiger partial charge in [-0.2, -0.15) is 0 Å². The summed E-state index contributed by atoms with van der Waals surface area (Å²) in [5.74, 6) is 0. The number of aryl methyl sites for hydroxylation is 3. The SMILES string of the molecule is Cc1cc(C)c(C(N)c2cccc(Cl)c2)cc1C. The van der Waals surface area contributed by atoms with Crippen molar-refractivity contribution in [1.82, 2.24) is 0 Å². The minimum atomic E-state index is -0.122. The maximum atomic E-state index is 6.35. The number of halogens is 1. The molecule has 1 unspecified atom stereocenters. The van der Waals surface area contributed by atoms with E-state index in [1.807, 2.05) is 24.3 Å². The second-order valence-corrected chi connectivity index (χ2v) is 5.26. The third-order valence-corrected chi connectivity index (χ3v) is 3.66. The molecule has 0 aliphatic carbocycles. The molecule has 0 aromatic heterocycles. The fourth-order valence-corrected chi connectivity index (χ4v) is 2.40. The molecule has 0 aliphatic heterocycles. The van der Waals surface area contributed by atoms with Gasteiger partial charge in [0.05, 0.1) is 6.04 Å². The van der Waals surface area contributed by atoms with Gasteiger partial charge in [0.15, 0.2) is 0 Å². The van der Waals surface area contributed by atoms with Gasteiger partial charge in [-0.15, -0.1) is 0 Å². The Kier molecular flexibility index (Phi) is 3.74. The number of hydrogen-bond donors (Lipinski definition) is 1. The molecule has 0 saturated carbocycles. The predicted octanol–water partition coefficient (Wildman–Crippen LogP) is 4.31. The van der Waals surface area contributed by atoms with Crippen LogP contribution in [0, 0.1) is 20.8 Å². The van der Waals surface area contributed by atoms with E-state index >= 15 is 0 Å². The van der Waals surface area contributed by atoms with E-state index < -0.39 is 0 Å². The molecule has 0 radical (unpaired) electrons. The van der Waals surface area contributed by atoms with Crippen LogP contribution in [0.15, 0.2) is 36.4 Å². The summed E-state index contributed by atoms with van der Waals surface area (Å²) >= 11 is 6.02. The predicted molar refractivity (Wildman–Crippen MR) is 78.1 cm³/mol. The van der Waals surface area contributed by atoms with Crippen LogP contribution in [-0.2, 0) is 0 Å². The summed E-state index contributed by atoms with van der Waals surface area (Å²) in [6.07, 6.45) is 0. The van der Waals surface area contributed by atoms with E-state index in [1.165, 1.54) is 22.3 Å². The average molecular weight is 260 g/mol. The Hall–Kier alpha value is -1.31. The highest BCUT2D eigenvalue weighted by Gasteiger charge is 2.12. The Morgan fingerprint density at radius 3 is 2.28 bits per heavy atom. The first-order chi connectivity index (χ1) is 8.49. The van der Waals surface area contributed by atoms with Crippen molar-refractivity contribution in [2.24, 2.45) is 5.73 Å². The smallest absolute Gasteiger partial charge is 0.0554 e. The third-order valence-electron chi connectivity index (χ3n) is 3.43. The minimum Gasteiger partial charge on any atom is -0.320 e. The summed E-state index contributed by atoms with van der Waals surface area (Å²) in [5, 5.41) is 0.726. The van der Waals surface area contributed by atoms with Crippen LogP contribution in [0.3, 0.4) is 0 Å². The first-order valence-electron chi connectivity index (χ1n) is 6.08. The van der Waals surface area contributed by atoms with Gasteiger partial charge in [-0.3, -0.25) is 0 Å². The molecule has 0 aliphatic rings. The quantitative estimate of drug-likeness (QED) is 0.854. The van der Waals surface area contributed by atoms with Gasteiger partial charge in [-0.05, 0) is 60.7 Å². The van der Waals surface area contributed by atoms with Gasteiger partial charge in [0.2, 0.25) is 0 Å². The average Bonchev–Trinajstić information content (AvgIpc) is 2.33.